The van der Waals surface area contributed by atoms with Gasteiger partial charge in [0.2, 0.25) is 0 Å². The number of hydrogen-bond acceptors (Lipinski definition) is 3. The fraction of sp³-hybridized carbons (Fsp3) is 0.429. The van der Waals surface area contributed by atoms with E-state index in [1.54, 1.807) is 0 Å². The van der Waals surface area contributed by atoms with Crippen molar-refractivity contribution in [1.29, 1.82) is 0 Å². The molecule has 2 aromatic carbocycles. The summed E-state index contributed by atoms with van der Waals surface area (Å²) in [4.78, 5) is 0. The SMILES string of the molecule is CCCC(NCc1ccc(OCC)c(OCC)c1)c1ccccc1. The minimum atomic E-state index is 0.373. The van der Waals surface area contributed by atoms with Gasteiger partial charge in [-0.15, -0.1) is 0 Å². The van der Waals surface area contributed by atoms with E-state index in [1.165, 1.54) is 11.1 Å². The molecule has 0 amide bonds. The predicted molar refractivity (Wildman–Crippen MR) is 99.7 cm³/mol. The zero-order valence-electron chi connectivity index (χ0n) is 15.0. The molecule has 0 radical (unpaired) electrons. The summed E-state index contributed by atoms with van der Waals surface area (Å²) in [6.07, 6.45) is 2.28. The van der Waals surface area contributed by atoms with Gasteiger partial charge in [-0.3, -0.25) is 0 Å². The summed E-state index contributed by atoms with van der Waals surface area (Å²) in [6, 6.07) is 17.2. The van der Waals surface area contributed by atoms with Crippen LogP contribution in [0.4, 0.5) is 0 Å². The number of ether oxygens (including phenoxy) is 2. The molecule has 0 saturated carbocycles. The maximum Gasteiger partial charge on any atom is 0.161 e. The second kappa shape index (κ2) is 9.99. The fourth-order valence-electron chi connectivity index (χ4n) is 2.81. The lowest BCUT2D eigenvalue weighted by Gasteiger charge is -2.19. The maximum absolute atomic E-state index is 5.72. The Hall–Kier alpha value is -2.00. The van der Waals surface area contributed by atoms with E-state index in [2.05, 4.69) is 54.7 Å². The third-order valence-corrected chi connectivity index (χ3v) is 3.94. The molecule has 24 heavy (non-hydrogen) atoms. The molecule has 1 atom stereocenters. The van der Waals surface area contributed by atoms with Crippen molar-refractivity contribution in [3.63, 3.8) is 0 Å². The van der Waals surface area contributed by atoms with Gasteiger partial charge in [0.25, 0.3) is 0 Å². The molecule has 3 heteroatoms. The molecular formula is C21H29NO2. The summed E-state index contributed by atoms with van der Waals surface area (Å²) in [5, 5.41) is 3.68. The van der Waals surface area contributed by atoms with Gasteiger partial charge in [0.15, 0.2) is 11.5 Å². The van der Waals surface area contributed by atoms with Gasteiger partial charge in [-0.25, -0.2) is 0 Å². The van der Waals surface area contributed by atoms with E-state index in [0.29, 0.717) is 19.3 Å². The van der Waals surface area contributed by atoms with Crippen LogP contribution in [0.25, 0.3) is 0 Å². The Kier molecular flexibility index (Phi) is 7.63. The quantitative estimate of drug-likeness (QED) is 0.657. The van der Waals surface area contributed by atoms with Gasteiger partial charge < -0.3 is 14.8 Å². The van der Waals surface area contributed by atoms with Crippen LogP contribution in [0.3, 0.4) is 0 Å². The topological polar surface area (TPSA) is 30.5 Å². The average Bonchev–Trinajstić information content (AvgIpc) is 2.61. The Labute approximate surface area is 146 Å². The normalized spacial score (nSPS) is 12.0. The van der Waals surface area contributed by atoms with Crippen LogP contribution in [0.15, 0.2) is 48.5 Å². The third-order valence-electron chi connectivity index (χ3n) is 3.94. The second-order valence-corrected chi connectivity index (χ2v) is 5.78. The molecule has 1 unspecified atom stereocenters. The first-order chi connectivity index (χ1) is 11.8. The van der Waals surface area contributed by atoms with Gasteiger partial charge in [0.1, 0.15) is 0 Å². The molecule has 0 heterocycles. The molecule has 0 aliphatic rings. The minimum Gasteiger partial charge on any atom is -0.490 e. The molecule has 0 aromatic heterocycles. The Morgan fingerprint density at radius 3 is 2.25 bits per heavy atom. The van der Waals surface area contributed by atoms with E-state index >= 15 is 0 Å². The van der Waals surface area contributed by atoms with Crippen LogP contribution in [-0.4, -0.2) is 13.2 Å². The molecule has 2 aromatic rings. The van der Waals surface area contributed by atoms with Crippen molar-refractivity contribution >= 4 is 0 Å². The molecule has 0 fully saturated rings. The standard InChI is InChI=1S/C21H29NO2/c1-4-10-19(18-11-8-7-9-12-18)22-16-17-13-14-20(23-5-2)21(15-17)24-6-3/h7-9,11-15,19,22H,4-6,10,16H2,1-3H3. The van der Waals surface area contributed by atoms with Crippen molar-refractivity contribution in [3.05, 3.63) is 59.7 Å². The van der Waals surface area contributed by atoms with E-state index in [1.807, 2.05) is 19.9 Å². The van der Waals surface area contributed by atoms with Crippen LogP contribution in [0.5, 0.6) is 11.5 Å². The van der Waals surface area contributed by atoms with Crippen molar-refractivity contribution in [1.82, 2.24) is 5.32 Å². The van der Waals surface area contributed by atoms with E-state index in [-0.39, 0.29) is 0 Å². The first kappa shape index (κ1) is 18.3. The van der Waals surface area contributed by atoms with Crippen LogP contribution in [0, 0.1) is 0 Å². The van der Waals surface area contributed by atoms with Crippen LogP contribution < -0.4 is 14.8 Å². The van der Waals surface area contributed by atoms with Crippen molar-refractivity contribution in [3.8, 4) is 11.5 Å². The summed E-state index contributed by atoms with van der Waals surface area (Å²) in [7, 11) is 0. The minimum absolute atomic E-state index is 0.373. The first-order valence-corrected chi connectivity index (χ1v) is 8.95. The monoisotopic (exact) mass is 327 g/mol. The lowest BCUT2D eigenvalue weighted by atomic mass is 10.0. The van der Waals surface area contributed by atoms with Gasteiger partial charge in [0.05, 0.1) is 13.2 Å². The Morgan fingerprint density at radius 1 is 0.875 bits per heavy atom. The van der Waals surface area contributed by atoms with Crippen LogP contribution in [0.2, 0.25) is 0 Å². The maximum atomic E-state index is 5.72. The second-order valence-electron chi connectivity index (χ2n) is 5.78. The molecular weight excluding hydrogens is 298 g/mol. The highest BCUT2D eigenvalue weighted by Crippen LogP contribution is 2.29. The van der Waals surface area contributed by atoms with Crippen LogP contribution in [-0.2, 0) is 6.54 Å². The number of benzene rings is 2. The Bertz CT molecular complexity index is 598. The molecule has 0 aliphatic carbocycles. The van der Waals surface area contributed by atoms with Crippen LogP contribution >= 0.6 is 0 Å². The molecule has 130 valence electrons. The lowest BCUT2D eigenvalue weighted by Crippen LogP contribution is -2.20. The van der Waals surface area contributed by atoms with E-state index < -0.39 is 0 Å². The number of rotatable bonds is 10. The summed E-state index contributed by atoms with van der Waals surface area (Å²) < 4.78 is 11.3. The zero-order chi connectivity index (χ0) is 17.2. The molecule has 0 saturated heterocycles. The first-order valence-electron chi connectivity index (χ1n) is 8.95. The molecule has 0 spiro atoms. The summed E-state index contributed by atoms with van der Waals surface area (Å²) >= 11 is 0. The van der Waals surface area contributed by atoms with Crippen molar-refractivity contribution in [2.45, 2.75) is 46.2 Å². The lowest BCUT2D eigenvalue weighted by molar-refractivity contribution is 0.287. The summed E-state index contributed by atoms with van der Waals surface area (Å²) in [6.45, 7) is 8.30. The van der Waals surface area contributed by atoms with Gasteiger partial charge in [-0.2, -0.15) is 0 Å². The van der Waals surface area contributed by atoms with E-state index in [9.17, 15) is 0 Å². The van der Waals surface area contributed by atoms with Gasteiger partial charge >= 0.3 is 0 Å². The highest BCUT2D eigenvalue weighted by molar-refractivity contribution is 5.43. The Morgan fingerprint density at radius 2 is 1.58 bits per heavy atom. The van der Waals surface area contributed by atoms with E-state index in [4.69, 9.17) is 9.47 Å². The summed E-state index contributed by atoms with van der Waals surface area (Å²) in [5.74, 6) is 1.64. The predicted octanol–water partition coefficient (Wildman–Crippen LogP) is 5.12. The fourth-order valence-corrected chi connectivity index (χ4v) is 2.81. The van der Waals surface area contributed by atoms with E-state index in [0.717, 1.165) is 30.9 Å². The molecule has 2 rings (SSSR count). The summed E-state index contributed by atoms with van der Waals surface area (Å²) in [5.41, 5.74) is 2.55. The number of hydrogen-bond donors (Lipinski definition) is 1. The molecule has 0 aliphatic heterocycles. The van der Waals surface area contributed by atoms with Gasteiger partial charge in [-0.05, 0) is 43.5 Å². The van der Waals surface area contributed by atoms with Gasteiger partial charge in [0, 0.05) is 12.6 Å². The smallest absolute Gasteiger partial charge is 0.161 e. The highest BCUT2D eigenvalue weighted by Gasteiger charge is 2.11. The average molecular weight is 327 g/mol. The zero-order valence-corrected chi connectivity index (χ0v) is 15.0. The highest BCUT2D eigenvalue weighted by atomic mass is 16.5. The third kappa shape index (κ3) is 5.27. The van der Waals surface area contributed by atoms with Gasteiger partial charge in [-0.1, -0.05) is 49.7 Å². The largest absolute Gasteiger partial charge is 0.490 e. The molecule has 3 nitrogen and oxygen atoms in total. The Balaban J connectivity index is 2.07. The van der Waals surface area contributed by atoms with Crippen molar-refractivity contribution < 1.29 is 9.47 Å². The van der Waals surface area contributed by atoms with Crippen molar-refractivity contribution in [2.24, 2.45) is 0 Å². The molecule has 0 bridgehead atoms. The molecule has 1 N–H and O–H groups in total. The van der Waals surface area contributed by atoms with Crippen molar-refractivity contribution in [2.75, 3.05) is 13.2 Å². The number of nitrogens with one attached hydrogen (secondary N) is 1. The van der Waals surface area contributed by atoms with Crippen LogP contribution in [0.1, 0.15) is 50.8 Å².